The Morgan fingerprint density at radius 3 is 2.39 bits per heavy atom. The second-order valence-corrected chi connectivity index (χ2v) is 6.19. The Balaban J connectivity index is 2.50. The summed E-state index contributed by atoms with van der Waals surface area (Å²) in [5, 5.41) is 9.00. The number of rotatable bonds is 10. The van der Waals surface area contributed by atoms with Gasteiger partial charge >= 0.3 is 5.97 Å². The fourth-order valence-electron chi connectivity index (χ4n) is 2.44. The second kappa shape index (κ2) is 10.0. The van der Waals surface area contributed by atoms with E-state index in [0.29, 0.717) is 19.1 Å². The molecule has 0 aliphatic heterocycles. The average Bonchev–Trinajstić information content (AvgIpc) is 2.46. The van der Waals surface area contributed by atoms with Crippen molar-refractivity contribution in [3.63, 3.8) is 0 Å². The molecule has 5 nitrogen and oxygen atoms in total. The van der Waals surface area contributed by atoms with E-state index in [9.17, 15) is 9.59 Å². The highest BCUT2D eigenvalue weighted by molar-refractivity contribution is 5.81. The number of carbonyl (C=O) groups is 2. The predicted octanol–water partition coefficient (Wildman–Crippen LogP) is 2.94. The lowest BCUT2D eigenvalue weighted by Crippen LogP contribution is -2.35. The summed E-state index contributed by atoms with van der Waals surface area (Å²) in [5.74, 6) is -0.668. The minimum atomic E-state index is -1.01. The van der Waals surface area contributed by atoms with Gasteiger partial charge in [0.15, 0.2) is 0 Å². The molecule has 0 radical (unpaired) electrons. The van der Waals surface area contributed by atoms with Crippen molar-refractivity contribution in [2.24, 2.45) is 5.92 Å². The lowest BCUT2D eigenvalue weighted by molar-refractivity contribution is -0.145. The average molecular weight is 321 g/mol. The normalized spacial score (nSPS) is 12.2. The van der Waals surface area contributed by atoms with Crippen LogP contribution in [0.3, 0.4) is 0 Å². The van der Waals surface area contributed by atoms with E-state index in [1.54, 1.807) is 0 Å². The number of carboxylic acid groups (broad SMARTS) is 1. The van der Waals surface area contributed by atoms with Gasteiger partial charge in [-0.1, -0.05) is 44.2 Å². The van der Waals surface area contributed by atoms with Gasteiger partial charge in [0.05, 0.1) is 19.1 Å². The van der Waals surface area contributed by atoms with E-state index >= 15 is 0 Å². The molecular formula is C18H27NO4. The van der Waals surface area contributed by atoms with Crippen LogP contribution in [0.1, 0.15) is 39.2 Å². The zero-order chi connectivity index (χ0) is 17.2. The van der Waals surface area contributed by atoms with Crippen LogP contribution in [0.4, 0.5) is 0 Å². The van der Waals surface area contributed by atoms with Gasteiger partial charge in [0.25, 0.3) is 0 Å². The number of amides is 1. The number of nitrogens with zero attached hydrogens (tertiary/aromatic N) is 1. The number of ether oxygens (including phenoxy) is 1. The van der Waals surface area contributed by atoms with Crippen molar-refractivity contribution in [2.75, 3.05) is 13.2 Å². The minimum absolute atomic E-state index is 0.102. The third-order valence-electron chi connectivity index (χ3n) is 3.42. The van der Waals surface area contributed by atoms with Gasteiger partial charge in [0, 0.05) is 6.54 Å². The molecule has 0 spiro atoms. The van der Waals surface area contributed by atoms with E-state index in [4.69, 9.17) is 9.84 Å². The number of hydrogen-bond donors (Lipinski definition) is 1. The van der Waals surface area contributed by atoms with Crippen LogP contribution in [-0.2, 0) is 20.9 Å². The summed E-state index contributed by atoms with van der Waals surface area (Å²) in [6, 6.07) is 9.38. The molecule has 0 aliphatic rings. The van der Waals surface area contributed by atoms with Crippen molar-refractivity contribution in [2.45, 2.75) is 46.3 Å². The molecule has 23 heavy (non-hydrogen) atoms. The first kappa shape index (κ1) is 19.2. The molecule has 0 bridgehead atoms. The number of aliphatic carboxylic acids is 1. The predicted molar refractivity (Wildman–Crippen MR) is 89.0 cm³/mol. The number of benzene rings is 1. The van der Waals surface area contributed by atoms with Crippen LogP contribution in [0.15, 0.2) is 30.3 Å². The lowest BCUT2D eigenvalue weighted by atomic mass is 10.1. The molecule has 1 atom stereocenters. The van der Waals surface area contributed by atoms with Gasteiger partial charge in [-0.2, -0.15) is 0 Å². The Labute approximate surface area is 138 Å². The Morgan fingerprint density at radius 1 is 1.17 bits per heavy atom. The van der Waals surface area contributed by atoms with Crippen LogP contribution in [0.25, 0.3) is 0 Å². The molecule has 1 N–H and O–H groups in total. The van der Waals surface area contributed by atoms with Crippen LogP contribution in [0.2, 0.25) is 0 Å². The van der Waals surface area contributed by atoms with Gasteiger partial charge in [-0.05, 0) is 24.8 Å². The van der Waals surface area contributed by atoms with E-state index in [1.807, 2.05) is 37.3 Å². The topological polar surface area (TPSA) is 66.8 Å². The summed E-state index contributed by atoms with van der Waals surface area (Å²) < 4.78 is 5.63. The van der Waals surface area contributed by atoms with Crippen LogP contribution >= 0.6 is 0 Å². The maximum absolute atomic E-state index is 12.3. The maximum Gasteiger partial charge on any atom is 0.323 e. The number of carboxylic acids is 1. The molecular weight excluding hydrogens is 294 g/mol. The van der Waals surface area contributed by atoms with E-state index in [0.717, 1.165) is 12.0 Å². The lowest BCUT2D eigenvalue weighted by Gasteiger charge is -2.22. The Bertz CT molecular complexity index is 487. The van der Waals surface area contributed by atoms with Gasteiger partial charge in [0.2, 0.25) is 5.91 Å². The first-order valence-corrected chi connectivity index (χ1v) is 8.03. The quantitative estimate of drug-likeness (QED) is 0.719. The summed E-state index contributed by atoms with van der Waals surface area (Å²) in [6.07, 6.45) is 1.24. The van der Waals surface area contributed by atoms with E-state index in [2.05, 4.69) is 13.8 Å². The standard InChI is InChI=1S/C18H27NO4/c1-14(2)11-15(3)23-10-9-17(20)19(13-18(21)22)12-16-7-5-4-6-8-16/h4-8,14-15H,9-13H2,1-3H3,(H,21,22). The molecule has 128 valence electrons. The molecule has 0 heterocycles. The third kappa shape index (κ3) is 8.35. The van der Waals surface area contributed by atoms with Gasteiger partial charge in [0.1, 0.15) is 6.54 Å². The fourth-order valence-corrected chi connectivity index (χ4v) is 2.44. The highest BCUT2D eigenvalue weighted by atomic mass is 16.5. The van der Waals surface area contributed by atoms with Crippen LogP contribution in [0.5, 0.6) is 0 Å². The molecule has 1 aromatic carbocycles. The zero-order valence-electron chi connectivity index (χ0n) is 14.2. The van der Waals surface area contributed by atoms with Crippen molar-refractivity contribution in [3.8, 4) is 0 Å². The SMILES string of the molecule is CC(C)CC(C)OCCC(=O)N(CC(=O)O)Cc1ccccc1. The molecule has 0 fully saturated rings. The van der Waals surface area contributed by atoms with E-state index in [1.165, 1.54) is 4.90 Å². The van der Waals surface area contributed by atoms with Crippen molar-refractivity contribution in [3.05, 3.63) is 35.9 Å². The molecule has 0 saturated heterocycles. The summed E-state index contributed by atoms with van der Waals surface area (Å²) in [4.78, 5) is 24.6. The molecule has 1 rings (SSSR count). The highest BCUT2D eigenvalue weighted by Gasteiger charge is 2.17. The Morgan fingerprint density at radius 2 is 1.83 bits per heavy atom. The van der Waals surface area contributed by atoms with Crippen molar-refractivity contribution >= 4 is 11.9 Å². The molecule has 1 unspecified atom stereocenters. The molecule has 1 amide bonds. The highest BCUT2D eigenvalue weighted by Crippen LogP contribution is 2.09. The van der Waals surface area contributed by atoms with Gasteiger partial charge in [-0.15, -0.1) is 0 Å². The van der Waals surface area contributed by atoms with Crippen molar-refractivity contribution < 1.29 is 19.4 Å². The molecule has 0 aromatic heterocycles. The Hall–Kier alpha value is -1.88. The number of carbonyl (C=O) groups excluding carboxylic acids is 1. The van der Waals surface area contributed by atoms with Crippen LogP contribution in [-0.4, -0.2) is 41.1 Å². The van der Waals surface area contributed by atoms with Crippen molar-refractivity contribution in [1.29, 1.82) is 0 Å². The smallest absolute Gasteiger partial charge is 0.323 e. The first-order valence-electron chi connectivity index (χ1n) is 8.03. The monoisotopic (exact) mass is 321 g/mol. The van der Waals surface area contributed by atoms with Crippen LogP contribution < -0.4 is 0 Å². The summed E-state index contributed by atoms with van der Waals surface area (Å²) in [5.41, 5.74) is 0.913. The van der Waals surface area contributed by atoms with Crippen LogP contribution in [0, 0.1) is 5.92 Å². The maximum atomic E-state index is 12.3. The second-order valence-electron chi connectivity index (χ2n) is 6.19. The Kier molecular flexibility index (Phi) is 8.33. The summed E-state index contributed by atoms with van der Waals surface area (Å²) in [6.45, 7) is 6.56. The summed E-state index contributed by atoms with van der Waals surface area (Å²) in [7, 11) is 0. The van der Waals surface area contributed by atoms with E-state index in [-0.39, 0.29) is 25.0 Å². The fraction of sp³-hybridized carbons (Fsp3) is 0.556. The number of hydrogen-bond acceptors (Lipinski definition) is 3. The largest absolute Gasteiger partial charge is 0.480 e. The van der Waals surface area contributed by atoms with E-state index < -0.39 is 5.97 Å². The molecule has 1 aromatic rings. The van der Waals surface area contributed by atoms with Gasteiger partial charge in [-0.25, -0.2) is 0 Å². The van der Waals surface area contributed by atoms with Gasteiger partial charge < -0.3 is 14.7 Å². The summed E-state index contributed by atoms with van der Waals surface area (Å²) >= 11 is 0. The third-order valence-corrected chi connectivity index (χ3v) is 3.42. The molecule has 0 saturated carbocycles. The minimum Gasteiger partial charge on any atom is -0.480 e. The van der Waals surface area contributed by atoms with Crippen molar-refractivity contribution in [1.82, 2.24) is 4.90 Å². The zero-order valence-corrected chi connectivity index (χ0v) is 14.2. The van der Waals surface area contributed by atoms with Gasteiger partial charge in [-0.3, -0.25) is 9.59 Å². The molecule has 5 heteroatoms. The first-order chi connectivity index (χ1) is 10.9. The molecule has 0 aliphatic carbocycles.